The summed E-state index contributed by atoms with van der Waals surface area (Å²) in [4.78, 5) is 5.98. The lowest BCUT2D eigenvalue weighted by atomic mass is 9.99. The van der Waals surface area contributed by atoms with Crippen LogP contribution in [0.3, 0.4) is 0 Å². The molecule has 5 heteroatoms. The van der Waals surface area contributed by atoms with Crippen LogP contribution in [0.25, 0.3) is 10.6 Å². The second-order valence-electron chi connectivity index (χ2n) is 4.90. The van der Waals surface area contributed by atoms with Crippen molar-refractivity contribution in [3.63, 3.8) is 0 Å². The van der Waals surface area contributed by atoms with Gasteiger partial charge < -0.3 is 15.2 Å². The second-order valence-corrected chi connectivity index (χ2v) is 5.93. The SMILES string of the molecule is COc1ccc(-c2nc3c(s2)C(N)CCC3)cc1OC. The van der Waals surface area contributed by atoms with Gasteiger partial charge in [-0.3, -0.25) is 0 Å². The third-order valence-electron chi connectivity index (χ3n) is 3.62. The first-order valence-corrected chi connectivity index (χ1v) is 7.52. The van der Waals surface area contributed by atoms with Gasteiger partial charge in [-0.1, -0.05) is 0 Å². The molecule has 0 aliphatic heterocycles. The van der Waals surface area contributed by atoms with Crippen molar-refractivity contribution in [3.05, 3.63) is 28.8 Å². The first kappa shape index (κ1) is 13.4. The summed E-state index contributed by atoms with van der Waals surface area (Å²) < 4.78 is 10.6. The molecule has 20 heavy (non-hydrogen) atoms. The van der Waals surface area contributed by atoms with Gasteiger partial charge in [-0.25, -0.2) is 4.98 Å². The van der Waals surface area contributed by atoms with Crippen molar-refractivity contribution in [2.24, 2.45) is 5.73 Å². The van der Waals surface area contributed by atoms with Crippen molar-refractivity contribution in [1.82, 2.24) is 4.98 Å². The summed E-state index contributed by atoms with van der Waals surface area (Å²) in [6.07, 6.45) is 3.22. The van der Waals surface area contributed by atoms with E-state index in [1.165, 1.54) is 10.6 Å². The molecule has 3 rings (SSSR count). The number of nitrogens with two attached hydrogens (primary N) is 1. The van der Waals surface area contributed by atoms with E-state index >= 15 is 0 Å². The molecule has 0 spiro atoms. The lowest BCUT2D eigenvalue weighted by Crippen LogP contribution is -2.15. The third kappa shape index (κ3) is 2.27. The minimum absolute atomic E-state index is 0.144. The van der Waals surface area contributed by atoms with Crippen LogP contribution >= 0.6 is 11.3 Å². The van der Waals surface area contributed by atoms with E-state index in [9.17, 15) is 0 Å². The van der Waals surface area contributed by atoms with E-state index < -0.39 is 0 Å². The first-order chi connectivity index (χ1) is 9.72. The quantitative estimate of drug-likeness (QED) is 0.943. The predicted molar refractivity (Wildman–Crippen MR) is 80.5 cm³/mol. The van der Waals surface area contributed by atoms with Crippen molar-refractivity contribution < 1.29 is 9.47 Å². The van der Waals surface area contributed by atoms with Crippen LogP contribution in [0.2, 0.25) is 0 Å². The number of benzene rings is 1. The number of nitrogens with zero attached hydrogens (tertiary/aromatic N) is 1. The molecule has 1 aromatic carbocycles. The molecule has 0 amide bonds. The van der Waals surface area contributed by atoms with Crippen LogP contribution in [-0.4, -0.2) is 19.2 Å². The Morgan fingerprint density at radius 3 is 2.75 bits per heavy atom. The molecule has 1 aliphatic rings. The van der Waals surface area contributed by atoms with E-state index in [2.05, 4.69) is 0 Å². The number of rotatable bonds is 3. The van der Waals surface area contributed by atoms with Crippen LogP contribution < -0.4 is 15.2 Å². The highest BCUT2D eigenvalue weighted by molar-refractivity contribution is 7.15. The number of methoxy groups -OCH3 is 2. The van der Waals surface area contributed by atoms with Gasteiger partial charge in [0.2, 0.25) is 0 Å². The smallest absolute Gasteiger partial charge is 0.161 e. The number of ether oxygens (including phenoxy) is 2. The maximum absolute atomic E-state index is 6.17. The van der Waals surface area contributed by atoms with Gasteiger partial charge in [0, 0.05) is 16.5 Å². The summed E-state index contributed by atoms with van der Waals surface area (Å²) >= 11 is 1.70. The molecule has 0 bridgehead atoms. The summed E-state index contributed by atoms with van der Waals surface area (Å²) in [5.74, 6) is 1.46. The highest BCUT2D eigenvalue weighted by Crippen LogP contribution is 2.39. The van der Waals surface area contributed by atoms with Gasteiger partial charge >= 0.3 is 0 Å². The van der Waals surface area contributed by atoms with E-state index in [-0.39, 0.29) is 6.04 Å². The molecule has 1 atom stereocenters. The summed E-state index contributed by atoms with van der Waals surface area (Å²) in [5, 5.41) is 1.01. The number of fused-ring (bicyclic) bond motifs is 1. The van der Waals surface area contributed by atoms with Gasteiger partial charge in [0.25, 0.3) is 0 Å². The molecule has 0 saturated carbocycles. The number of aryl methyl sites for hydroxylation is 1. The standard InChI is InChI=1S/C15H18N2O2S/c1-18-12-7-6-9(8-13(12)19-2)15-17-11-5-3-4-10(16)14(11)20-15/h6-8,10H,3-5,16H2,1-2H3. The van der Waals surface area contributed by atoms with Gasteiger partial charge in [0.05, 0.1) is 19.9 Å². The fraction of sp³-hybridized carbons (Fsp3) is 0.400. The zero-order valence-corrected chi connectivity index (χ0v) is 12.5. The van der Waals surface area contributed by atoms with Crippen LogP contribution in [-0.2, 0) is 6.42 Å². The Morgan fingerprint density at radius 1 is 1.25 bits per heavy atom. The number of thiazole rings is 1. The molecule has 0 radical (unpaired) electrons. The molecule has 0 saturated heterocycles. The number of hydrogen-bond donors (Lipinski definition) is 1. The van der Waals surface area contributed by atoms with E-state index in [0.717, 1.165) is 41.3 Å². The zero-order valence-electron chi connectivity index (χ0n) is 11.7. The van der Waals surface area contributed by atoms with E-state index in [1.54, 1.807) is 25.6 Å². The highest BCUT2D eigenvalue weighted by atomic mass is 32.1. The molecule has 106 valence electrons. The Labute approximate surface area is 122 Å². The Hall–Kier alpha value is -1.59. The van der Waals surface area contributed by atoms with E-state index in [0.29, 0.717) is 0 Å². The number of hydrogen-bond acceptors (Lipinski definition) is 5. The Kier molecular flexibility index (Phi) is 3.63. The average molecular weight is 290 g/mol. The molecular formula is C15H18N2O2S. The van der Waals surface area contributed by atoms with Gasteiger partial charge in [0.1, 0.15) is 5.01 Å². The largest absolute Gasteiger partial charge is 0.493 e. The van der Waals surface area contributed by atoms with Crippen molar-refractivity contribution in [3.8, 4) is 22.1 Å². The minimum atomic E-state index is 0.144. The fourth-order valence-electron chi connectivity index (χ4n) is 2.55. The zero-order chi connectivity index (χ0) is 14.1. The maximum atomic E-state index is 6.17. The normalized spacial score (nSPS) is 17.6. The topological polar surface area (TPSA) is 57.4 Å². The predicted octanol–water partition coefficient (Wildman–Crippen LogP) is 3.16. The van der Waals surface area contributed by atoms with Crippen molar-refractivity contribution in [2.75, 3.05) is 14.2 Å². The van der Waals surface area contributed by atoms with Crippen molar-refractivity contribution in [2.45, 2.75) is 25.3 Å². The molecular weight excluding hydrogens is 272 g/mol. The molecule has 0 fully saturated rings. The lowest BCUT2D eigenvalue weighted by Gasteiger charge is -2.15. The fourth-order valence-corrected chi connectivity index (χ4v) is 3.69. The van der Waals surface area contributed by atoms with Crippen LogP contribution in [0.4, 0.5) is 0 Å². The van der Waals surface area contributed by atoms with Gasteiger partial charge in [-0.05, 0) is 37.5 Å². The van der Waals surface area contributed by atoms with Crippen molar-refractivity contribution in [1.29, 1.82) is 0 Å². The van der Waals surface area contributed by atoms with Gasteiger partial charge in [-0.15, -0.1) is 11.3 Å². The van der Waals surface area contributed by atoms with Crippen LogP contribution in [0.15, 0.2) is 18.2 Å². The summed E-state index contributed by atoms with van der Waals surface area (Å²) in [6, 6.07) is 6.03. The molecule has 1 aromatic heterocycles. The minimum Gasteiger partial charge on any atom is -0.493 e. The maximum Gasteiger partial charge on any atom is 0.161 e. The first-order valence-electron chi connectivity index (χ1n) is 6.70. The van der Waals surface area contributed by atoms with Gasteiger partial charge in [-0.2, -0.15) is 0 Å². The Morgan fingerprint density at radius 2 is 2.05 bits per heavy atom. The summed E-state index contributed by atoms with van der Waals surface area (Å²) in [7, 11) is 3.28. The van der Waals surface area contributed by atoms with Crippen LogP contribution in [0.5, 0.6) is 11.5 Å². The Bertz CT molecular complexity index is 624. The Balaban J connectivity index is 2.01. The van der Waals surface area contributed by atoms with Crippen LogP contribution in [0, 0.1) is 0 Å². The third-order valence-corrected chi connectivity index (χ3v) is 4.90. The number of aromatic nitrogens is 1. The van der Waals surface area contributed by atoms with E-state index in [4.69, 9.17) is 20.2 Å². The summed E-state index contributed by atoms with van der Waals surface area (Å²) in [5.41, 5.74) is 8.38. The monoisotopic (exact) mass is 290 g/mol. The second kappa shape index (κ2) is 5.42. The van der Waals surface area contributed by atoms with E-state index in [1.807, 2.05) is 18.2 Å². The summed E-state index contributed by atoms with van der Waals surface area (Å²) in [6.45, 7) is 0. The molecule has 4 nitrogen and oxygen atoms in total. The van der Waals surface area contributed by atoms with Gasteiger partial charge in [0.15, 0.2) is 11.5 Å². The average Bonchev–Trinajstić information content (AvgIpc) is 2.92. The molecule has 1 aliphatic carbocycles. The molecule has 2 N–H and O–H groups in total. The van der Waals surface area contributed by atoms with Crippen LogP contribution in [0.1, 0.15) is 29.5 Å². The lowest BCUT2D eigenvalue weighted by molar-refractivity contribution is 0.355. The van der Waals surface area contributed by atoms with Crippen molar-refractivity contribution >= 4 is 11.3 Å². The highest BCUT2D eigenvalue weighted by Gasteiger charge is 2.22. The molecule has 1 unspecified atom stereocenters. The molecule has 1 heterocycles. The molecule has 2 aromatic rings.